The maximum absolute atomic E-state index is 13.3. The molecule has 3 amide bonds. The lowest BCUT2D eigenvalue weighted by atomic mass is 10.0. The van der Waals surface area contributed by atoms with Crippen LogP contribution < -0.4 is 37.3 Å². The summed E-state index contributed by atoms with van der Waals surface area (Å²) >= 11 is 6.39. The quantitative estimate of drug-likeness (QED) is 0.219. The van der Waals surface area contributed by atoms with E-state index in [0.29, 0.717) is 55.7 Å². The van der Waals surface area contributed by atoms with Crippen LogP contribution in [0.4, 0.5) is 0 Å². The monoisotopic (exact) mass is 574 g/mol. The lowest BCUT2D eigenvalue weighted by molar-refractivity contribution is -0.135. The van der Waals surface area contributed by atoms with E-state index in [0.717, 1.165) is 17.5 Å². The molecule has 0 aliphatic carbocycles. The third-order valence-corrected chi connectivity index (χ3v) is 6.69. The van der Waals surface area contributed by atoms with Crippen LogP contribution in [0, 0.1) is 0 Å². The van der Waals surface area contributed by atoms with Crippen molar-refractivity contribution in [2.45, 2.75) is 44.3 Å². The van der Waals surface area contributed by atoms with Gasteiger partial charge in [0.25, 0.3) is 0 Å². The van der Waals surface area contributed by atoms with Crippen molar-refractivity contribution in [3.63, 3.8) is 0 Å². The van der Waals surface area contributed by atoms with Gasteiger partial charge in [-0.15, -0.1) is 0 Å². The van der Waals surface area contributed by atoms with Gasteiger partial charge in [0.2, 0.25) is 17.7 Å². The minimum absolute atomic E-state index is 0.157. The first kappa shape index (κ1) is 31.2. The van der Waals surface area contributed by atoms with Crippen LogP contribution in [-0.2, 0) is 27.3 Å². The topological polar surface area (TPSA) is 175 Å². The lowest BCUT2D eigenvalue weighted by Crippen LogP contribution is -2.53. The molecule has 12 heteroatoms. The van der Waals surface area contributed by atoms with Crippen LogP contribution >= 0.6 is 11.6 Å². The molecule has 1 aliphatic heterocycles. The third kappa shape index (κ3) is 9.37. The van der Waals surface area contributed by atoms with Gasteiger partial charge in [-0.2, -0.15) is 0 Å². The van der Waals surface area contributed by atoms with Crippen molar-refractivity contribution in [3.8, 4) is 11.5 Å². The summed E-state index contributed by atoms with van der Waals surface area (Å²) in [7, 11) is 0. The fourth-order valence-corrected chi connectivity index (χ4v) is 4.57. The van der Waals surface area contributed by atoms with Crippen LogP contribution in [0.5, 0.6) is 11.5 Å². The van der Waals surface area contributed by atoms with Gasteiger partial charge in [-0.3, -0.25) is 14.4 Å². The molecule has 0 bridgehead atoms. The molecule has 218 valence electrons. The highest BCUT2D eigenvalue weighted by molar-refractivity contribution is 6.32. The third-order valence-electron chi connectivity index (χ3n) is 6.41. The number of carbonyl (C=O) groups excluding carboxylic acids is 3. The van der Waals surface area contributed by atoms with Gasteiger partial charge in [-0.1, -0.05) is 41.9 Å². The van der Waals surface area contributed by atoms with Crippen LogP contribution in [-0.4, -0.2) is 74.1 Å². The lowest BCUT2D eigenvalue weighted by Gasteiger charge is -2.24. The summed E-state index contributed by atoms with van der Waals surface area (Å²) < 4.78 is 11.4. The minimum atomic E-state index is -1.14. The first-order valence-electron chi connectivity index (χ1n) is 13.5. The number of hydrogen-bond donors (Lipinski definition) is 5. The van der Waals surface area contributed by atoms with Gasteiger partial charge in [0.15, 0.2) is 11.5 Å². The highest BCUT2D eigenvalue weighted by Gasteiger charge is 2.26. The Morgan fingerprint density at radius 3 is 2.38 bits per heavy atom. The molecule has 11 nitrogen and oxygen atoms in total. The van der Waals surface area contributed by atoms with Gasteiger partial charge < -0.3 is 42.2 Å². The molecule has 0 radical (unpaired) electrons. The molecule has 2 aromatic rings. The van der Waals surface area contributed by atoms with Crippen molar-refractivity contribution in [2.75, 3.05) is 39.4 Å². The van der Waals surface area contributed by atoms with Gasteiger partial charge in [0.1, 0.15) is 6.04 Å². The summed E-state index contributed by atoms with van der Waals surface area (Å²) in [5.74, 6) is -0.297. The second-order valence-corrected chi connectivity index (χ2v) is 9.93. The summed E-state index contributed by atoms with van der Waals surface area (Å²) in [6.07, 6.45) is 1.39. The minimum Gasteiger partial charge on any atom is -0.489 e. The van der Waals surface area contributed by atoms with Crippen LogP contribution in [0.1, 0.15) is 30.4 Å². The molecule has 1 heterocycles. The Balaban J connectivity index is 1.66. The molecular formula is C28H39ClN6O5. The van der Waals surface area contributed by atoms with Gasteiger partial charge in [0.05, 0.1) is 30.7 Å². The molecule has 3 rings (SSSR count). The normalized spacial score (nSPS) is 14.0. The van der Waals surface area contributed by atoms with E-state index in [1.165, 1.54) is 4.90 Å². The number of hydrogen-bond acceptors (Lipinski definition) is 8. The molecule has 1 aliphatic rings. The van der Waals surface area contributed by atoms with E-state index >= 15 is 0 Å². The first-order valence-corrected chi connectivity index (χ1v) is 13.8. The van der Waals surface area contributed by atoms with Gasteiger partial charge in [0, 0.05) is 39.1 Å². The molecule has 0 aromatic heterocycles. The predicted molar refractivity (Wildman–Crippen MR) is 153 cm³/mol. The van der Waals surface area contributed by atoms with E-state index in [1.54, 1.807) is 12.1 Å². The van der Waals surface area contributed by atoms with E-state index in [2.05, 4.69) is 10.6 Å². The largest absolute Gasteiger partial charge is 0.489 e. The Bertz CT molecular complexity index is 1130. The Labute approximate surface area is 239 Å². The highest BCUT2D eigenvalue weighted by atomic mass is 35.5. The van der Waals surface area contributed by atoms with E-state index in [-0.39, 0.29) is 37.9 Å². The SMILES string of the molecule is NCCN(CCN)C(=O)CC(N)C(=O)NC(CCc1ccccc1)C(=O)NCc1cc(Cl)c2c(c1)OCCCO2. The molecular weight excluding hydrogens is 536 g/mol. The van der Waals surface area contributed by atoms with E-state index in [1.807, 2.05) is 30.3 Å². The van der Waals surface area contributed by atoms with E-state index in [4.69, 9.17) is 38.3 Å². The molecule has 2 unspecified atom stereocenters. The van der Waals surface area contributed by atoms with Crippen molar-refractivity contribution in [3.05, 3.63) is 58.6 Å². The molecule has 0 spiro atoms. The van der Waals surface area contributed by atoms with Crippen LogP contribution in [0.25, 0.3) is 0 Å². The molecule has 8 N–H and O–H groups in total. The first-order chi connectivity index (χ1) is 19.3. The average molecular weight is 575 g/mol. The van der Waals surface area contributed by atoms with E-state index < -0.39 is 18.0 Å². The standard InChI is InChI=1S/C28H39ClN6O5/c29-21-15-20(16-24-26(21)40-14-4-13-39-24)18-33-28(38)23(8-7-19-5-2-1-3-6-19)34-27(37)22(32)17-25(36)35(11-9-30)12-10-31/h1-3,5-6,15-16,22-23H,4,7-14,17-18,30-32H2,(H,33,38)(H,34,37). The number of ether oxygens (including phenoxy) is 2. The summed E-state index contributed by atoms with van der Waals surface area (Å²) in [4.78, 5) is 40.3. The maximum Gasteiger partial charge on any atom is 0.242 e. The number of benzene rings is 2. The van der Waals surface area contributed by atoms with Crippen LogP contribution in [0.3, 0.4) is 0 Å². The number of amides is 3. The van der Waals surface area contributed by atoms with Crippen LogP contribution in [0.15, 0.2) is 42.5 Å². The molecule has 0 saturated carbocycles. The second-order valence-electron chi connectivity index (χ2n) is 9.53. The Morgan fingerprint density at radius 1 is 0.975 bits per heavy atom. The number of nitrogens with one attached hydrogen (secondary N) is 2. The fourth-order valence-electron chi connectivity index (χ4n) is 4.28. The molecule has 0 saturated heterocycles. The second kappa shape index (κ2) is 16.0. The summed E-state index contributed by atoms with van der Waals surface area (Å²) in [6.45, 7) is 2.34. The smallest absolute Gasteiger partial charge is 0.242 e. The van der Waals surface area contributed by atoms with Gasteiger partial charge in [-0.05, 0) is 36.1 Å². The Kier molecular flexibility index (Phi) is 12.5. The zero-order valence-corrected chi connectivity index (χ0v) is 23.3. The Hall–Kier alpha value is -3.38. The van der Waals surface area contributed by atoms with Crippen molar-refractivity contribution in [2.24, 2.45) is 17.2 Å². The van der Waals surface area contributed by atoms with Crippen LogP contribution in [0.2, 0.25) is 5.02 Å². The molecule has 40 heavy (non-hydrogen) atoms. The number of fused-ring (bicyclic) bond motifs is 1. The van der Waals surface area contributed by atoms with Gasteiger partial charge in [-0.25, -0.2) is 0 Å². The molecule has 2 atom stereocenters. The number of nitrogens with two attached hydrogens (primary N) is 3. The number of halogens is 1. The fraction of sp³-hybridized carbons (Fsp3) is 0.464. The van der Waals surface area contributed by atoms with E-state index in [9.17, 15) is 14.4 Å². The van der Waals surface area contributed by atoms with Crippen molar-refractivity contribution < 1.29 is 23.9 Å². The highest BCUT2D eigenvalue weighted by Crippen LogP contribution is 2.37. The average Bonchev–Trinajstić information content (AvgIpc) is 3.20. The zero-order chi connectivity index (χ0) is 28.9. The van der Waals surface area contributed by atoms with Gasteiger partial charge >= 0.3 is 0 Å². The zero-order valence-electron chi connectivity index (χ0n) is 22.6. The molecule has 2 aromatic carbocycles. The Morgan fingerprint density at radius 2 is 1.68 bits per heavy atom. The molecule has 0 fully saturated rings. The summed E-state index contributed by atoms with van der Waals surface area (Å²) in [6, 6.07) is 11.1. The predicted octanol–water partition coefficient (Wildman–Crippen LogP) is 0.699. The van der Waals surface area contributed by atoms with Crippen molar-refractivity contribution in [1.82, 2.24) is 15.5 Å². The number of nitrogens with zero attached hydrogens (tertiary/aromatic N) is 1. The summed E-state index contributed by atoms with van der Waals surface area (Å²) in [5, 5.41) is 6.00. The summed E-state index contributed by atoms with van der Waals surface area (Å²) in [5.41, 5.74) is 19.0. The van der Waals surface area contributed by atoms with Crippen molar-refractivity contribution in [1.29, 1.82) is 0 Å². The van der Waals surface area contributed by atoms with Crippen molar-refractivity contribution >= 4 is 29.3 Å². The number of rotatable bonds is 14. The number of carbonyl (C=O) groups is 3. The number of aryl methyl sites for hydroxylation is 1. The maximum atomic E-state index is 13.3.